The van der Waals surface area contributed by atoms with E-state index in [1.807, 2.05) is 24.3 Å². The number of ether oxygens (including phenoxy) is 1. The summed E-state index contributed by atoms with van der Waals surface area (Å²) >= 11 is 1.70. The zero-order valence-electron chi connectivity index (χ0n) is 19.3. The summed E-state index contributed by atoms with van der Waals surface area (Å²) < 4.78 is 7.46. The van der Waals surface area contributed by atoms with E-state index in [1.54, 1.807) is 18.9 Å². The molecule has 0 aliphatic heterocycles. The van der Waals surface area contributed by atoms with Crippen molar-refractivity contribution in [2.75, 3.05) is 7.11 Å². The van der Waals surface area contributed by atoms with E-state index in [9.17, 15) is 0 Å². The molecule has 5 heteroatoms. The number of aromatic nitrogens is 3. The van der Waals surface area contributed by atoms with Crippen molar-refractivity contribution in [2.24, 2.45) is 0 Å². The van der Waals surface area contributed by atoms with Crippen LogP contribution in [0.15, 0.2) is 78.0 Å². The lowest BCUT2D eigenvalue weighted by molar-refractivity contribution is 0.414. The zero-order valence-corrected chi connectivity index (χ0v) is 20.1. The van der Waals surface area contributed by atoms with Gasteiger partial charge in [-0.1, -0.05) is 86.6 Å². The second-order valence-corrected chi connectivity index (χ2v) is 9.88. The molecule has 4 aromatic rings. The Morgan fingerprint density at radius 1 is 0.844 bits per heavy atom. The van der Waals surface area contributed by atoms with Crippen molar-refractivity contribution in [3.63, 3.8) is 0 Å². The fourth-order valence-corrected chi connectivity index (χ4v) is 4.37. The van der Waals surface area contributed by atoms with Gasteiger partial charge in [0.2, 0.25) is 0 Å². The van der Waals surface area contributed by atoms with Gasteiger partial charge in [0.05, 0.1) is 7.11 Å². The van der Waals surface area contributed by atoms with Gasteiger partial charge in [0.15, 0.2) is 11.0 Å². The smallest absolute Gasteiger partial charge is 0.196 e. The van der Waals surface area contributed by atoms with Crippen LogP contribution in [0.4, 0.5) is 0 Å². The molecule has 0 aliphatic carbocycles. The highest BCUT2D eigenvalue weighted by molar-refractivity contribution is 7.98. The molecule has 0 atom stereocenters. The van der Waals surface area contributed by atoms with Crippen molar-refractivity contribution < 1.29 is 4.74 Å². The van der Waals surface area contributed by atoms with Gasteiger partial charge in [0.1, 0.15) is 5.75 Å². The number of hydrogen-bond acceptors (Lipinski definition) is 4. The third kappa shape index (κ3) is 4.89. The molecule has 4 rings (SSSR count). The summed E-state index contributed by atoms with van der Waals surface area (Å²) in [5, 5.41) is 9.97. The Bertz CT molecular complexity index is 1170. The molecule has 32 heavy (non-hydrogen) atoms. The number of benzene rings is 3. The average Bonchev–Trinajstić information content (AvgIpc) is 3.22. The molecule has 0 saturated heterocycles. The summed E-state index contributed by atoms with van der Waals surface area (Å²) in [4.78, 5) is 0. The van der Waals surface area contributed by atoms with Crippen LogP contribution in [0.1, 0.15) is 37.5 Å². The SMILES string of the molecule is COc1ccc(-n2c(SCc3ccc(C(C)(C)C)cc3)nnc2-c2ccc(C)cc2)cc1. The number of hydrogen-bond donors (Lipinski definition) is 0. The van der Waals surface area contributed by atoms with Crippen LogP contribution >= 0.6 is 11.8 Å². The maximum Gasteiger partial charge on any atom is 0.196 e. The Balaban J connectivity index is 1.66. The maximum absolute atomic E-state index is 5.34. The number of rotatable bonds is 6. The minimum atomic E-state index is 0.156. The molecule has 0 radical (unpaired) electrons. The van der Waals surface area contributed by atoms with Crippen LogP contribution < -0.4 is 4.74 Å². The summed E-state index contributed by atoms with van der Waals surface area (Å²) in [7, 11) is 1.68. The maximum atomic E-state index is 5.34. The first-order chi connectivity index (χ1) is 15.3. The van der Waals surface area contributed by atoms with E-state index < -0.39 is 0 Å². The summed E-state index contributed by atoms with van der Waals surface area (Å²) in [5.74, 6) is 2.49. The number of nitrogens with zero attached hydrogens (tertiary/aromatic N) is 3. The summed E-state index contributed by atoms with van der Waals surface area (Å²) in [6, 6.07) is 25.3. The highest BCUT2D eigenvalue weighted by Gasteiger charge is 2.17. The van der Waals surface area contributed by atoms with E-state index in [-0.39, 0.29) is 5.41 Å². The third-order valence-electron chi connectivity index (χ3n) is 5.46. The first kappa shape index (κ1) is 22.2. The number of methoxy groups -OCH3 is 1. The Labute approximate surface area is 194 Å². The van der Waals surface area contributed by atoms with Crippen molar-refractivity contribution in [1.29, 1.82) is 0 Å². The Morgan fingerprint density at radius 2 is 1.50 bits per heavy atom. The quantitative estimate of drug-likeness (QED) is 0.306. The van der Waals surface area contributed by atoms with E-state index in [0.717, 1.165) is 33.7 Å². The molecule has 0 aliphatic rings. The van der Waals surface area contributed by atoms with E-state index in [1.165, 1.54) is 16.7 Å². The zero-order chi connectivity index (χ0) is 22.7. The molecule has 0 saturated carbocycles. The third-order valence-corrected chi connectivity index (χ3v) is 6.46. The Kier molecular flexibility index (Phi) is 6.38. The fraction of sp³-hybridized carbons (Fsp3) is 0.259. The van der Waals surface area contributed by atoms with Crippen LogP contribution in [-0.4, -0.2) is 21.9 Å². The molecule has 0 N–H and O–H groups in total. The predicted molar refractivity (Wildman–Crippen MR) is 133 cm³/mol. The second-order valence-electron chi connectivity index (χ2n) is 8.94. The summed E-state index contributed by atoms with van der Waals surface area (Å²) in [6.45, 7) is 8.80. The minimum absolute atomic E-state index is 0.156. The average molecular weight is 444 g/mol. The topological polar surface area (TPSA) is 39.9 Å². The Morgan fingerprint density at radius 3 is 2.09 bits per heavy atom. The lowest BCUT2D eigenvalue weighted by atomic mass is 9.87. The molecular weight excluding hydrogens is 414 g/mol. The van der Waals surface area contributed by atoms with Crippen LogP contribution in [0.5, 0.6) is 5.75 Å². The monoisotopic (exact) mass is 443 g/mol. The van der Waals surface area contributed by atoms with Crippen molar-refractivity contribution >= 4 is 11.8 Å². The van der Waals surface area contributed by atoms with E-state index in [4.69, 9.17) is 4.74 Å². The van der Waals surface area contributed by atoms with E-state index >= 15 is 0 Å². The molecule has 1 aromatic heterocycles. The first-order valence-electron chi connectivity index (χ1n) is 10.7. The Hall–Kier alpha value is -3.05. The van der Waals surface area contributed by atoms with Crippen LogP contribution in [-0.2, 0) is 11.2 Å². The molecule has 164 valence electrons. The highest BCUT2D eigenvalue weighted by atomic mass is 32.2. The normalized spacial score (nSPS) is 11.5. The number of aryl methyl sites for hydroxylation is 1. The van der Waals surface area contributed by atoms with Gasteiger partial charge in [0.25, 0.3) is 0 Å². The van der Waals surface area contributed by atoms with Crippen LogP contribution in [0.2, 0.25) is 0 Å². The molecule has 4 nitrogen and oxygen atoms in total. The molecule has 0 bridgehead atoms. The van der Waals surface area contributed by atoms with Gasteiger partial charge < -0.3 is 4.74 Å². The van der Waals surface area contributed by atoms with Crippen LogP contribution in [0.25, 0.3) is 17.1 Å². The molecule has 0 spiro atoms. The fourth-order valence-electron chi connectivity index (χ4n) is 3.47. The lowest BCUT2D eigenvalue weighted by Crippen LogP contribution is -2.10. The van der Waals surface area contributed by atoms with Gasteiger partial charge in [0, 0.05) is 17.0 Å². The van der Waals surface area contributed by atoms with E-state index in [0.29, 0.717) is 0 Å². The van der Waals surface area contributed by atoms with Gasteiger partial charge in [-0.05, 0) is 47.7 Å². The molecule has 0 unspecified atom stereocenters. The molecule has 0 amide bonds. The van der Waals surface area contributed by atoms with Gasteiger partial charge in [-0.3, -0.25) is 4.57 Å². The van der Waals surface area contributed by atoms with Crippen molar-refractivity contribution in [2.45, 2.75) is 44.0 Å². The standard InChI is InChI=1S/C27H29N3OS/c1-19-6-10-21(11-7-19)25-28-29-26(30(25)23-14-16-24(31-5)17-15-23)32-18-20-8-12-22(13-9-20)27(2,3)4/h6-17H,18H2,1-5H3. The van der Waals surface area contributed by atoms with Gasteiger partial charge in [-0.15, -0.1) is 10.2 Å². The first-order valence-corrected chi connectivity index (χ1v) is 11.7. The highest BCUT2D eigenvalue weighted by Crippen LogP contribution is 2.31. The molecule has 0 fully saturated rings. The predicted octanol–water partition coefficient (Wildman–Crippen LogP) is 6.84. The van der Waals surface area contributed by atoms with Crippen LogP contribution in [0.3, 0.4) is 0 Å². The van der Waals surface area contributed by atoms with Gasteiger partial charge >= 0.3 is 0 Å². The summed E-state index contributed by atoms with van der Waals surface area (Å²) in [5.41, 5.74) is 6.04. The summed E-state index contributed by atoms with van der Waals surface area (Å²) in [6.07, 6.45) is 0. The number of thioether (sulfide) groups is 1. The molecular formula is C27H29N3OS. The van der Waals surface area contributed by atoms with Gasteiger partial charge in [-0.25, -0.2) is 0 Å². The molecule has 1 heterocycles. The van der Waals surface area contributed by atoms with Crippen molar-refractivity contribution in [1.82, 2.24) is 14.8 Å². The molecule has 3 aromatic carbocycles. The second kappa shape index (κ2) is 9.21. The van der Waals surface area contributed by atoms with Crippen molar-refractivity contribution in [3.05, 3.63) is 89.5 Å². The van der Waals surface area contributed by atoms with Crippen LogP contribution in [0, 0.1) is 6.92 Å². The minimum Gasteiger partial charge on any atom is -0.497 e. The lowest BCUT2D eigenvalue weighted by Gasteiger charge is -2.19. The van der Waals surface area contributed by atoms with Gasteiger partial charge in [-0.2, -0.15) is 0 Å². The largest absolute Gasteiger partial charge is 0.497 e. The van der Waals surface area contributed by atoms with E-state index in [2.05, 4.69) is 91.0 Å². The van der Waals surface area contributed by atoms with Crippen molar-refractivity contribution in [3.8, 4) is 22.8 Å².